The van der Waals surface area contributed by atoms with E-state index in [1.807, 2.05) is 0 Å². The molecule has 1 amide bonds. The first kappa shape index (κ1) is 16.2. The van der Waals surface area contributed by atoms with Crippen molar-refractivity contribution in [3.63, 3.8) is 0 Å². The maximum atomic E-state index is 12.1. The summed E-state index contributed by atoms with van der Waals surface area (Å²) in [4.78, 5) is 25.2. The number of ether oxygens (including phenoxy) is 2. The Labute approximate surface area is 124 Å². The van der Waals surface area contributed by atoms with Crippen molar-refractivity contribution in [3.05, 3.63) is 0 Å². The number of aliphatic carboxylic acids is 1. The fraction of sp³-hybridized carbons (Fsp3) is 0.857. The summed E-state index contributed by atoms with van der Waals surface area (Å²) in [5, 5.41) is 11.7. The average molecular weight is 300 g/mol. The van der Waals surface area contributed by atoms with E-state index in [1.165, 1.54) is 0 Å². The van der Waals surface area contributed by atoms with Crippen LogP contribution >= 0.6 is 0 Å². The van der Waals surface area contributed by atoms with Crippen molar-refractivity contribution >= 4 is 11.9 Å². The number of nitrogens with one attached hydrogen (secondary N) is 1. The quantitative estimate of drug-likeness (QED) is 0.734. The molecule has 7 heteroatoms. The van der Waals surface area contributed by atoms with Crippen molar-refractivity contribution in [2.75, 3.05) is 32.8 Å². The highest BCUT2D eigenvalue weighted by atomic mass is 16.5. The molecule has 0 aromatic heterocycles. The Bertz CT molecular complexity index is 393. The van der Waals surface area contributed by atoms with Crippen molar-refractivity contribution < 1.29 is 24.2 Å². The molecule has 21 heavy (non-hydrogen) atoms. The third-order valence-electron chi connectivity index (χ3n) is 4.15. The largest absolute Gasteiger partial charge is 0.479 e. The lowest BCUT2D eigenvalue weighted by atomic mass is 10.0. The first-order valence-electron chi connectivity index (χ1n) is 7.39. The molecule has 0 aromatic carbocycles. The van der Waals surface area contributed by atoms with Gasteiger partial charge in [-0.1, -0.05) is 0 Å². The number of rotatable bonds is 5. The molecule has 2 saturated heterocycles. The molecule has 2 atom stereocenters. The molecule has 0 bridgehead atoms. The third kappa shape index (κ3) is 4.15. The van der Waals surface area contributed by atoms with Crippen LogP contribution in [-0.2, 0) is 19.1 Å². The zero-order chi connectivity index (χ0) is 15.5. The van der Waals surface area contributed by atoms with Gasteiger partial charge in [0, 0.05) is 25.2 Å². The van der Waals surface area contributed by atoms with E-state index >= 15 is 0 Å². The van der Waals surface area contributed by atoms with Crippen LogP contribution in [0.1, 0.15) is 26.7 Å². The lowest BCUT2D eigenvalue weighted by molar-refractivity contribution is -0.151. The Morgan fingerprint density at radius 1 is 1.24 bits per heavy atom. The molecule has 0 aromatic rings. The van der Waals surface area contributed by atoms with Gasteiger partial charge in [0.05, 0.1) is 13.2 Å². The number of carbonyl (C=O) groups is 2. The summed E-state index contributed by atoms with van der Waals surface area (Å²) in [5.41, 5.74) is -0.162. The first-order chi connectivity index (χ1) is 9.90. The molecule has 2 aliphatic rings. The Hall–Kier alpha value is -1.18. The molecule has 0 spiro atoms. The van der Waals surface area contributed by atoms with Crippen LogP contribution in [0.2, 0.25) is 0 Å². The molecule has 2 N–H and O–H groups in total. The highest BCUT2D eigenvalue weighted by Gasteiger charge is 2.36. The number of amides is 1. The maximum absolute atomic E-state index is 12.1. The van der Waals surface area contributed by atoms with E-state index in [0.29, 0.717) is 32.6 Å². The summed E-state index contributed by atoms with van der Waals surface area (Å²) in [6.45, 7) is 7.78. The molecule has 0 radical (unpaired) electrons. The minimum Gasteiger partial charge on any atom is -0.479 e. The topological polar surface area (TPSA) is 88.1 Å². The van der Waals surface area contributed by atoms with Gasteiger partial charge in [-0.15, -0.1) is 0 Å². The smallest absolute Gasteiger partial charge is 0.332 e. The van der Waals surface area contributed by atoms with Crippen molar-refractivity contribution in [1.29, 1.82) is 0 Å². The van der Waals surface area contributed by atoms with E-state index in [-0.39, 0.29) is 11.4 Å². The number of carboxylic acid groups (broad SMARTS) is 1. The van der Waals surface area contributed by atoms with E-state index < -0.39 is 18.2 Å². The van der Waals surface area contributed by atoms with Crippen LogP contribution < -0.4 is 5.32 Å². The van der Waals surface area contributed by atoms with E-state index in [9.17, 15) is 9.59 Å². The summed E-state index contributed by atoms with van der Waals surface area (Å²) in [6, 6.07) is 0. The van der Waals surface area contributed by atoms with Gasteiger partial charge in [0.25, 0.3) is 0 Å². The summed E-state index contributed by atoms with van der Waals surface area (Å²) in [6.07, 6.45) is -0.652. The second-order valence-corrected chi connectivity index (χ2v) is 6.16. The summed E-state index contributed by atoms with van der Waals surface area (Å²) in [5.74, 6) is -1.22. The van der Waals surface area contributed by atoms with E-state index in [1.54, 1.807) is 0 Å². The predicted octanol–water partition coefficient (Wildman–Crippen LogP) is -0.154. The van der Waals surface area contributed by atoms with Gasteiger partial charge in [-0.2, -0.15) is 0 Å². The van der Waals surface area contributed by atoms with Crippen molar-refractivity contribution in [2.24, 2.45) is 0 Å². The molecular formula is C14H24N2O5. The van der Waals surface area contributed by atoms with Crippen LogP contribution in [0.4, 0.5) is 0 Å². The summed E-state index contributed by atoms with van der Waals surface area (Å²) >= 11 is 0. The van der Waals surface area contributed by atoms with Crippen molar-refractivity contribution in [2.45, 2.75) is 44.4 Å². The zero-order valence-electron chi connectivity index (χ0n) is 12.6. The van der Waals surface area contributed by atoms with Gasteiger partial charge in [0.2, 0.25) is 5.91 Å². The first-order valence-corrected chi connectivity index (χ1v) is 7.39. The fourth-order valence-electron chi connectivity index (χ4n) is 2.71. The summed E-state index contributed by atoms with van der Waals surface area (Å²) < 4.78 is 10.6. The molecule has 7 nitrogen and oxygen atoms in total. The summed E-state index contributed by atoms with van der Waals surface area (Å²) in [7, 11) is 0. The SMILES string of the molecule is CC(C)(CNC(=O)[C@@H]1CC[C@H](C(=O)O)O1)N1CCOCC1. The van der Waals surface area contributed by atoms with Crippen LogP contribution in [0.15, 0.2) is 0 Å². The molecule has 0 aliphatic carbocycles. The van der Waals surface area contributed by atoms with Gasteiger partial charge in [0.1, 0.15) is 6.10 Å². The number of hydrogen-bond donors (Lipinski definition) is 2. The maximum Gasteiger partial charge on any atom is 0.332 e. The second-order valence-electron chi connectivity index (χ2n) is 6.16. The monoisotopic (exact) mass is 300 g/mol. The lowest BCUT2D eigenvalue weighted by Gasteiger charge is -2.41. The Morgan fingerprint density at radius 3 is 2.43 bits per heavy atom. The van der Waals surface area contributed by atoms with Gasteiger partial charge >= 0.3 is 5.97 Å². The number of carbonyl (C=O) groups excluding carboxylic acids is 1. The van der Waals surface area contributed by atoms with Crippen LogP contribution in [0, 0.1) is 0 Å². The zero-order valence-corrected chi connectivity index (χ0v) is 12.6. The van der Waals surface area contributed by atoms with E-state index in [0.717, 1.165) is 13.1 Å². The van der Waals surface area contributed by atoms with Gasteiger partial charge in [-0.25, -0.2) is 4.79 Å². The molecule has 0 unspecified atom stereocenters. The Kier molecular flexibility index (Phi) is 5.18. The second kappa shape index (κ2) is 6.72. The average Bonchev–Trinajstić information content (AvgIpc) is 2.96. The molecule has 2 fully saturated rings. The van der Waals surface area contributed by atoms with Crippen LogP contribution in [0.5, 0.6) is 0 Å². The Morgan fingerprint density at radius 2 is 1.86 bits per heavy atom. The minimum absolute atomic E-state index is 0.162. The molecule has 0 saturated carbocycles. The number of nitrogens with zero attached hydrogens (tertiary/aromatic N) is 1. The molecule has 2 heterocycles. The number of morpholine rings is 1. The van der Waals surface area contributed by atoms with E-state index in [2.05, 4.69) is 24.1 Å². The number of hydrogen-bond acceptors (Lipinski definition) is 5. The van der Waals surface area contributed by atoms with Gasteiger partial charge in [-0.05, 0) is 26.7 Å². The van der Waals surface area contributed by atoms with Crippen molar-refractivity contribution in [1.82, 2.24) is 10.2 Å². The lowest BCUT2D eigenvalue weighted by Crippen LogP contribution is -2.56. The van der Waals surface area contributed by atoms with Gasteiger partial charge in [-0.3, -0.25) is 9.69 Å². The standard InChI is InChI=1S/C14H24N2O5/c1-14(2,16-5-7-20-8-6-16)9-15-12(17)10-3-4-11(21-10)13(18)19/h10-11H,3-9H2,1-2H3,(H,15,17)(H,18,19)/t10-,11+/m0/s1. The van der Waals surface area contributed by atoms with E-state index in [4.69, 9.17) is 14.6 Å². The molecule has 2 aliphatic heterocycles. The van der Waals surface area contributed by atoms with Gasteiger partial charge in [0.15, 0.2) is 6.10 Å². The normalized spacial score (nSPS) is 27.5. The third-order valence-corrected chi connectivity index (χ3v) is 4.15. The minimum atomic E-state index is -1.00. The molecule has 120 valence electrons. The number of carboxylic acids is 1. The highest BCUT2D eigenvalue weighted by molar-refractivity contribution is 5.82. The van der Waals surface area contributed by atoms with Gasteiger partial charge < -0.3 is 19.9 Å². The van der Waals surface area contributed by atoms with Crippen LogP contribution in [0.3, 0.4) is 0 Å². The van der Waals surface area contributed by atoms with Crippen LogP contribution in [0.25, 0.3) is 0 Å². The fourth-order valence-corrected chi connectivity index (χ4v) is 2.71. The molecular weight excluding hydrogens is 276 g/mol. The highest BCUT2D eigenvalue weighted by Crippen LogP contribution is 2.20. The van der Waals surface area contributed by atoms with Crippen molar-refractivity contribution in [3.8, 4) is 0 Å². The van der Waals surface area contributed by atoms with Crippen LogP contribution in [-0.4, -0.2) is 72.5 Å². The molecule has 2 rings (SSSR count). The predicted molar refractivity (Wildman–Crippen MR) is 75.0 cm³/mol. The Balaban J connectivity index is 1.79.